The van der Waals surface area contributed by atoms with Gasteiger partial charge in [-0.3, -0.25) is 14.5 Å². The lowest BCUT2D eigenvalue weighted by Gasteiger charge is -2.23. The first-order chi connectivity index (χ1) is 8.54. The van der Waals surface area contributed by atoms with Crippen LogP contribution in [0, 0.1) is 0 Å². The minimum atomic E-state index is -0.274. The molecule has 0 aliphatic carbocycles. The Morgan fingerprint density at radius 3 is 2.22 bits per heavy atom. The molecule has 2 rings (SSSR count). The molecule has 1 heterocycles. The zero-order valence-corrected chi connectivity index (χ0v) is 10.6. The highest BCUT2D eigenvalue weighted by molar-refractivity contribution is 6.16. The molecule has 1 unspecified atom stereocenters. The van der Waals surface area contributed by atoms with Gasteiger partial charge >= 0.3 is 0 Å². The van der Waals surface area contributed by atoms with Crippen LogP contribution in [0.2, 0.25) is 0 Å². The summed E-state index contributed by atoms with van der Waals surface area (Å²) in [6, 6.07) is 7.08. The molecule has 94 valence electrons. The summed E-state index contributed by atoms with van der Waals surface area (Å²) in [6.45, 7) is 3.49. The van der Waals surface area contributed by atoms with Gasteiger partial charge in [-0.25, -0.2) is 0 Å². The lowest BCUT2D eigenvalue weighted by molar-refractivity contribution is -0.139. The van der Waals surface area contributed by atoms with Crippen molar-refractivity contribution in [3.63, 3.8) is 0 Å². The molecule has 0 fully saturated rings. The van der Waals surface area contributed by atoms with Crippen LogP contribution in [0.4, 0.5) is 0 Å². The van der Waals surface area contributed by atoms with Crippen molar-refractivity contribution in [2.24, 2.45) is 0 Å². The number of benzene rings is 1. The highest BCUT2D eigenvalue weighted by Crippen LogP contribution is 2.27. The molecule has 1 aliphatic heterocycles. The van der Waals surface area contributed by atoms with Crippen LogP contribution in [0.25, 0.3) is 0 Å². The first-order valence-electron chi connectivity index (χ1n) is 5.74. The average molecular weight is 245 g/mol. The first kappa shape index (κ1) is 12.4. The van der Waals surface area contributed by atoms with Crippen LogP contribution in [0.15, 0.2) is 35.9 Å². The molecule has 4 heteroatoms. The van der Waals surface area contributed by atoms with Gasteiger partial charge in [0.15, 0.2) is 0 Å². The quantitative estimate of drug-likeness (QED) is 0.766. The maximum absolute atomic E-state index is 11.9. The molecule has 0 bridgehead atoms. The van der Waals surface area contributed by atoms with E-state index < -0.39 is 0 Å². The molecule has 0 saturated carbocycles. The molecular weight excluding hydrogens is 230 g/mol. The Morgan fingerprint density at radius 1 is 1.17 bits per heavy atom. The summed E-state index contributed by atoms with van der Waals surface area (Å²) in [6.07, 6.45) is 1.38. The minimum absolute atomic E-state index is 0.219. The second-order valence-corrected chi connectivity index (χ2v) is 4.29. The standard InChI is InChI=1S/C14H15NO3/c1-9-8-13(16)15(14(9)17)10(2)11-4-6-12(18-3)7-5-11/h4-8,10H,1-3H3. The molecule has 18 heavy (non-hydrogen) atoms. The van der Waals surface area contributed by atoms with Crippen molar-refractivity contribution >= 4 is 11.8 Å². The van der Waals surface area contributed by atoms with E-state index in [9.17, 15) is 9.59 Å². The molecule has 0 saturated heterocycles. The van der Waals surface area contributed by atoms with Gasteiger partial charge in [-0.2, -0.15) is 0 Å². The highest BCUT2D eigenvalue weighted by Gasteiger charge is 2.32. The van der Waals surface area contributed by atoms with Gasteiger partial charge < -0.3 is 4.74 Å². The zero-order valence-electron chi connectivity index (χ0n) is 10.6. The van der Waals surface area contributed by atoms with Crippen LogP contribution >= 0.6 is 0 Å². The van der Waals surface area contributed by atoms with Crippen molar-refractivity contribution in [1.29, 1.82) is 0 Å². The van der Waals surface area contributed by atoms with Crippen LogP contribution in [0.3, 0.4) is 0 Å². The summed E-state index contributed by atoms with van der Waals surface area (Å²) in [5.74, 6) is 0.281. The Labute approximate surface area is 106 Å². The molecule has 0 spiro atoms. The summed E-state index contributed by atoms with van der Waals surface area (Å²) in [7, 11) is 1.60. The summed E-state index contributed by atoms with van der Waals surface area (Å²) in [5.41, 5.74) is 1.39. The number of carbonyl (C=O) groups is 2. The number of hydrogen-bond donors (Lipinski definition) is 0. The Kier molecular flexibility index (Phi) is 3.19. The number of methoxy groups -OCH3 is 1. The molecule has 1 aliphatic rings. The largest absolute Gasteiger partial charge is 0.497 e. The Hall–Kier alpha value is -2.10. The van der Waals surface area contributed by atoms with Crippen LogP contribution in [-0.4, -0.2) is 23.8 Å². The SMILES string of the molecule is COc1ccc(C(C)N2C(=O)C=C(C)C2=O)cc1. The molecule has 0 radical (unpaired) electrons. The Morgan fingerprint density at radius 2 is 1.78 bits per heavy atom. The van der Waals surface area contributed by atoms with Crippen LogP contribution in [0.1, 0.15) is 25.5 Å². The number of amides is 2. The van der Waals surface area contributed by atoms with E-state index in [0.717, 1.165) is 11.3 Å². The average Bonchev–Trinajstić information content (AvgIpc) is 2.63. The number of carbonyl (C=O) groups excluding carboxylic acids is 2. The van der Waals surface area contributed by atoms with Gasteiger partial charge in [0.1, 0.15) is 5.75 Å². The predicted octanol–water partition coefficient (Wildman–Crippen LogP) is 2.07. The van der Waals surface area contributed by atoms with Crippen molar-refractivity contribution in [3.8, 4) is 5.75 Å². The molecule has 1 aromatic rings. The molecule has 2 amide bonds. The number of hydrogen-bond acceptors (Lipinski definition) is 3. The van der Waals surface area contributed by atoms with E-state index >= 15 is 0 Å². The van der Waals surface area contributed by atoms with E-state index in [1.165, 1.54) is 11.0 Å². The van der Waals surface area contributed by atoms with Crippen molar-refractivity contribution in [2.75, 3.05) is 7.11 Å². The summed E-state index contributed by atoms with van der Waals surface area (Å²) in [4.78, 5) is 24.9. The summed E-state index contributed by atoms with van der Waals surface area (Å²) in [5, 5.41) is 0. The van der Waals surface area contributed by atoms with Gasteiger partial charge in [0.25, 0.3) is 11.8 Å². The van der Waals surface area contributed by atoms with Crippen LogP contribution in [0.5, 0.6) is 5.75 Å². The smallest absolute Gasteiger partial charge is 0.257 e. The fourth-order valence-corrected chi connectivity index (χ4v) is 2.00. The Bertz CT molecular complexity index is 516. The monoisotopic (exact) mass is 245 g/mol. The zero-order chi connectivity index (χ0) is 13.3. The number of rotatable bonds is 3. The number of ether oxygens (including phenoxy) is 1. The third-order valence-corrected chi connectivity index (χ3v) is 3.12. The van der Waals surface area contributed by atoms with Crippen molar-refractivity contribution in [3.05, 3.63) is 41.5 Å². The van der Waals surface area contributed by atoms with Crippen LogP contribution < -0.4 is 4.74 Å². The molecule has 0 N–H and O–H groups in total. The van der Waals surface area contributed by atoms with Gasteiger partial charge in [0.2, 0.25) is 0 Å². The van der Waals surface area contributed by atoms with Crippen molar-refractivity contribution < 1.29 is 14.3 Å². The highest BCUT2D eigenvalue weighted by atomic mass is 16.5. The van der Waals surface area contributed by atoms with E-state index in [1.807, 2.05) is 31.2 Å². The molecular formula is C14H15NO3. The lowest BCUT2D eigenvalue weighted by Crippen LogP contribution is -2.33. The normalized spacial score (nSPS) is 16.8. The van der Waals surface area contributed by atoms with Gasteiger partial charge in [0, 0.05) is 11.6 Å². The van der Waals surface area contributed by atoms with E-state index in [-0.39, 0.29) is 17.9 Å². The fourth-order valence-electron chi connectivity index (χ4n) is 2.00. The predicted molar refractivity (Wildman–Crippen MR) is 67.0 cm³/mol. The Balaban J connectivity index is 2.24. The molecule has 1 atom stereocenters. The van der Waals surface area contributed by atoms with Gasteiger partial charge in [-0.15, -0.1) is 0 Å². The molecule has 1 aromatic carbocycles. The maximum Gasteiger partial charge on any atom is 0.257 e. The summed E-state index contributed by atoms with van der Waals surface area (Å²) >= 11 is 0. The van der Waals surface area contributed by atoms with Gasteiger partial charge in [-0.1, -0.05) is 12.1 Å². The lowest BCUT2D eigenvalue weighted by atomic mass is 10.1. The van der Waals surface area contributed by atoms with E-state index in [4.69, 9.17) is 4.74 Å². The minimum Gasteiger partial charge on any atom is -0.497 e. The third-order valence-electron chi connectivity index (χ3n) is 3.12. The van der Waals surface area contributed by atoms with E-state index in [2.05, 4.69) is 0 Å². The topological polar surface area (TPSA) is 46.6 Å². The molecule has 4 nitrogen and oxygen atoms in total. The second-order valence-electron chi connectivity index (χ2n) is 4.29. The second kappa shape index (κ2) is 4.64. The number of imide groups is 1. The van der Waals surface area contributed by atoms with E-state index in [0.29, 0.717) is 5.57 Å². The third kappa shape index (κ3) is 2.01. The van der Waals surface area contributed by atoms with Gasteiger partial charge in [-0.05, 0) is 31.5 Å². The van der Waals surface area contributed by atoms with Crippen molar-refractivity contribution in [1.82, 2.24) is 4.90 Å². The van der Waals surface area contributed by atoms with E-state index in [1.54, 1.807) is 14.0 Å². The summed E-state index contributed by atoms with van der Waals surface area (Å²) < 4.78 is 5.08. The van der Waals surface area contributed by atoms with Crippen LogP contribution in [-0.2, 0) is 9.59 Å². The van der Waals surface area contributed by atoms with Gasteiger partial charge in [0.05, 0.1) is 13.2 Å². The first-order valence-corrected chi connectivity index (χ1v) is 5.74. The molecule has 0 aromatic heterocycles. The van der Waals surface area contributed by atoms with Crippen molar-refractivity contribution in [2.45, 2.75) is 19.9 Å². The number of nitrogens with zero attached hydrogens (tertiary/aromatic N) is 1. The fraction of sp³-hybridized carbons (Fsp3) is 0.286. The maximum atomic E-state index is 11.9.